The molecule has 0 fully saturated rings. The summed E-state index contributed by atoms with van der Waals surface area (Å²) in [5.41, 5.74) is -0.648. The Labute approximate surface area is 186 Å². The van der Waals surface area contributed by atoms with Gasteiger partial charge in [-0.05, 0) is 48.0 Å². The Hall–Kier alpha value is -1.67. The maximum Gasteiger partial charge on any atom is 0.283 e. The highest BCUT2D eigenvalue weighted by atomic mass is 35.5. The molecule has 0 radical (unpaired) electrons. The fraction of sp³-hybridized carbons (Fsp3) is 0.0526. The second-order valence-corrected chi connectivity index (χ2v) is 9.30. The van der Waals surface area contributed by atoms with E-state index in [1.807, 2.05) is 0 Å². The second-order valence-electron chi connectivity index (χ2n) is 6.08. The summed E-state index contributed by atoms with van der Waals surface area (Å²) in [6, 6.07) is 11.5. The Morgan fingerprint density at radius 3 is 1.90 bits per heavy atom. The van der Waals surface area contributed by atoms with Gasteiger partial charge in [-0.1, -0.05) is 58.5 Å². The molecule has 0 bridgehead atoms. The van der Waals surface area contributed by atoms with Crippen molar-refractivity contribution in [2.45, 2.75) is 4.75 Å². The minimum absolute atomic E-state index is 0.0681. The average Bonchev–Trinajstić information content (AvgIpc) is 2.64. The van der Waals surface area contributed by atoms with Gasteiger partial charge in [-0.3, -0.25) is 4.55 Å². The summed E-state index contributed by atoms with van der Waals surface area (Å²) >= 11 is 24.7. The monoisotopic (exact) mass is 492 g/mol. The highest BCUT2D eigenvalue weighted by molar-refractivity contribution is 7.87. The SMILES string of the molecule is O=S(=O)(O)C(c1ccc(O)cc1)(c1cc(Cl)ccc1Cl)c1c(Cl)ccc(Cl)c1O. The molecule has 0 aliphatic heterocycles. The quantitative estimate of drug-likeness (QED) is 0.311. The number of phenols is 2. The number of hydrogen-bond donors (Lipinski definition) is 3. The second kappa shape index (κ2) is 7.87. The summed E-state index contributed by atoms with van der Waals surface area (Å²) in [6.07, 6.45) is 0. The molecule has 0 saturated heterocycles. The first-order valence-corrected chi connectivity index (χ1v) is 10.8. The first-order chi connectivity index (χ1) is 13.5. The van der Waals surface area contributed by atoms with Crippen LogP contribution in [-0.4, -0.2) is 23.2 Å². The minimum atomic E-state index is -5.13. The normalized spacial score (nSPS) is 13.8. The summed E-state index contributed by atoms with van der Waals surface area (Å²) in [6.45, 7) is 0. The Kier molecular flexibility index (Phi) is 5.98. The number of rotatable bonds is 4. The van der Waals surface area contributed by atoms with Gasteiger partial charge in [0.2, 0.25) is 0 Å². The van der Waals surface area contributed by atoms with Gasteiger partial charge in [0.1, 0.15) is 11.5 Å². The molecule has 0 aliphatic carbocycles. The van der Waals surface area contributed by atoms with Crippen molar-refractivity contribution in [1.82, 2.24) is 0 Å². The van der Waals surface area contributed by atoms with Gasteiger partial charge in [0.15, 0.2) is 4.75 Å². The highest BCUT2D eigenvalue weighted by Crippen LogP contribution is 2.53. The van der Waals surface area contributed by atoms with Gasteiger partial charge in [-0.2, -0.15) is 8.42 Å². The summed E-state index contributed by atoms with van der Waals surface area (Å²) in [5, 5.41) is 20.0. The molecule has 0 amide bonds. The van der Waals surface area contributed by atoms with Crippen molar-refractivity contribution in [3.8, 4) is 11.5 Å². The van der Waals surface area contributed by atoms with Gasteiger partial charge in [0.25, 0.3) is 10.1 Å². The number of aromatic hydroxyl groups is 2. The van der Waals surface area contributed by atoms with E-state index in [9.17, 15) is 23.2 Å². The van der Waals surface area contributed by atoms with Crippen LogP contribution in [0, 0.1) is 0 Å². The molecule has 0 spiro atoms. The molecule has 10 heteroatoms. The molecule has 0 heterocycles. The van der Waals surface area contributed by atoms with E-state index in [0.717, 1.165) is 0 Å². The van der Waals surface area contributed by atoms with Gasteiger partial charge in [-0.25, -0.2) is 0 Å². The lowest BCUT2D eigenvalue weighted by atomic mass is 9.83. The van der Waals surface area contributed by atoms with Crippen molar-refractivity contribution in [2.24, 2.45) is 0 Å². The zero-order chi connectivity index (χ0) is 21.6. The third-order valence-corrected chi connectivity index (χ3v) is 7.02. The van der Waals surface area contributed by atoms with Crippen molar-refractivity contribution >= 4 is 56.5 Å². The van der Waals surface area contributed by atoms with Crippen LogP contribution in [-0.2, 0) is 14.9 Å². The first-order valence-electron chi connectivity index (χ1n) is 7.89. The third kappa shape index (κ3) is 3.65. The van der Waals surface area contributed by atoms with Crippen LogP contribution in [0.25, 0.3) is 0 Å². The Balaban J connectivity index is 2.65. The molecule has 0 aliphatic rings. The predicted molar refractivity (Wildman–Crippen MR) is 114 cm³/mol. The zero-order valence-electron chi connectivity index (χ0n) is 14.3. The molecule has 5 nitrogen and oxygen atoms in total. The van der Waals surface area contributed by atoms with E-state index in [0.29, 0.717) is 0 Å². The van der Waals surface area contributed by atoms with Crippen LogP contribution in [0.3, 0.4) is 0 Å². The van der Waals surface area contributed by atoms with E-state index >= 15 is 0 Å². The van der Waals surface area contributed by atoms with Crippen LogP contribution >= 0.6 is 46.4 Å². The molecule has 1 atom stereocenters. The summed E-state index contributed by atoms with van der Waals surface area (Å²) in [5.74, 6) is -0.822. The van der Waals surface area contributed by atoms with Crippen LogP contribution < -0.4 is 0 Å². The van der Waals surface area contributed by atoms with Crippen molar-refractivity contribution in [1.29, 1.82) is 0 Å². The highest BCUT2D eigenvalue weighted by Gasteiger charge is 2.52. The molecule has 1 unspecified atom stereocenters. The van der Waals surface area contributed by atoms with E-state index in [-0.39, 0.29) is 37.0 Å². The van der Waals surface area contributed by atoms with Gasteiger partial charge in [0.05, 0.1) is 5.02 Å². The fourth-order valence-corrected chi connectivity index (χ4v) is 5.53. The first kappa shape index (κ1) is 22.0. The largest absolute Gasteiger partial charge is 0.508 e. The molecular formula is C19H12Cl4O5S. The van der Waals surface area contributed by atoms with Gasteiger partial charge >= 0.3 is 0 Å². The van der Waals surface area contributed by atoms with Crippen molar-refractivity contribution < 1.29 is 23.2 Å². The fourth-order valence-electron chi connectivity index (χ4n) is 3.19. The molecule has 3 aromatic rings. The van der Waals surface area contributed by atoms with Crippen molar-refractivity contribution in [3.63, 3.8) is 0 Å². The Bertz CT molecular complexity index is 1200. The van der Waals surface area contributed by atoms with Gasteiger partial charge in [-0.15, -0.1) is 0 Å². The lowest BCUT2D eigenvalue weighted by Crippen LogP contribution is -2.39. The predicted octanol–water partition coefficient (Wildman–Crippen LogP) is 5.89. The lowest BCUT2D eigenvalue weighted by molar-refractivity contribution is 0.440. The summed E-state index contributed by atoms with van der Waals surface area (Å²) in [4.78, 5) is 0. The molecular weight excluding hydrogens is 482 g/mol. The number of benzene rings is 3. The van der Waals surface area contributed by atoms with E-state index < -0.39 is 26.2 Å². The number of hydrogen-bond acceptors (Lipinski definition) is 4. The average molecular weight is 494 g/mol. The van der Waals surface area contributed by atoms with E-state index in [4.69, 9.17) is 46.4 Å². The third-order valence-electron chi connectivity index (χ3n) is 4.40. The standard InChI is InChI=1S/C19H12Cl4O5S/c20-11-3-6-14(21)13(9-11)19(29(26,27)28,10-1-4-12(24)5-2-10)17-15(22)7-8-16(23)18(17)25/h1-9,24-25H,(H,26,27,28). The topological polar surface area (TPSA) is 94.8 Å². The number of phenolic OH excluding ortho intramolecular Hbond substituents is 2. The van der Waals surface area contributed by atoms with E-state index in [1.165, 1.54) is 54.6 Å². The maximum atomic E-state index is 13.0. The van der Waals surface area contributed by atoms with Crippen LogP contribution in [0.4, 0.5) is 0 Å². The van der Waals surface area contributed by atoms with Crippen LogP contribution in [0.15, 0.2) is 54.6 Å². The molecule has 3 aromatic carbocycles. The van der Waals surface area contributed by atoms with Crippen LogP contribution in [0.5, 0.6) is 11.5 Å². The molecule has 0 aromatic heterocycles. The molecule has 0 saturated carbocycles. The molecule has 29 heavy (non-hydrogen) atoms. The molecule has 152 valence electrons. The molecule has 3 N–H and O–H groups in total. The summed E-state index contributed by atoms with van der Waals surface area (Å²) < 4.78 is 34.0. The van der Waals surface area contributed by atoms with Gasteiger partial charge in [0, 0.05) is 26.2 Å². The maximum absolute atomic E-state index is 13.0. The van der Waals surface area contributed by atoms with Crippen molar-refractivity contribution in [2.75, 3.05) is 0 Å². The van der Waals surface area contributed by atoms with E-state index in [1.54, 1.807) is 0 Å². The van der Waals surface area contributed by atoms with Crippen LogP contribution in [0.2, 0.25) is 20.1 Å². The smallest absolute Gasteiger partial charge is 0.283 e. The molecule has 3 rings (SSSR count). The van der Waals surface area contributed by atoms with Crippen LogP contribution in [0.1, 0.15) is 16.7 Å². The Morgan fingerprint density at radius 2 is 1.31 bits per heavy atom. The Morgan fingerprint density at radius 1 is 0.759 bits per heavy atom. The van der Waals surface area contributed by atoms with Gasteiger partial charge < -0.3 is 10.2 Å². The minimum Gasteiger partial charge on any atom is -0.508 e. The number of halogens is 4. The zero-order valence-corrected chi connectivity index (χ0v) is 18.1. The summed E-state index contributed by atoms with van der Waals surface area (Å²) in [7, 11) is -5.13. The lowest BCUT2D eigenvalue weighted by Gasteiger charge is -2.34. The van der Waals surface area contributed by atoms with E-state index in [2.05, 4.69) is 0 Å². The van der Waals surface area contributed by atoms with Crippen molar-refractivity contribution in [3.05, 3.63) is 91.4 Å².